The van der Waals surface area contributed by atoms with Crippen molar-refractivity contribution in [2.75, 3.05) is 33.7 Å². The molecule has 2 rings (SSSR count). The van der Waals surface area contributed by atoms with Crippen LogP contribution in [-0.2, 0) is 18.4 Å². The topological polar surface area (TPSA) is 53.4 Å². The van der Waals surface area contributed by atoms with Gasteiger partial charge in [0, 0.05) is 46.1 Å². The van der Waals surface area contributed by atoms with Crippen LogP contribution in [0.15, 0.2) is 12.4 Å². The molecule has 2 heterocycles. The minimum Gasteiger partial charge on any atom is -0.358 e. The van der Waals surface area contributed by atoms with Crippen LogP contribution in [0, 0.1) is 0 Å². The molecule has 1 aliphatic heterocycles. The lowest BCUT2D eigenvalue weighted by Gasteiger charge is -2.38. The van der Waals surface area contributed by atoms with Gasteiger partial charge in [0.15, 0.2) is 0 Å². The number of imidazole rings is 1. The van der Waals surface area contributed by atoms with Crippen molar-refractivity contribution in [2.24, 2.45) is 7.05 Å². The molecular weight excluding hydrogens is 230 g/mol. The van der Waals surface area contributed by atoms with Gasteiger partial charge in [0.05, 0.1) is 6.54 Å². The van der Waals surface area contributed by atoms with Crippen LogP contribution < -0.4 is 5.32 Å². The molecule has 18 heavy (non-hydrogen) atoms. The summed E-state index contributed by atoms with van der Waals surface area (Å²) in [4.78, 5) is 20.5. The summed E-state index contributed by atoms with van der Waals surface area (Å²) in [5.41, 5.74) is 0. The number of piperazine rings is 1. The van der Waals surface area contributed by atoms with Crippen molar-refractivity contribution in [3.8, 4) is 0 Å². The van der Waals surface area contributed by atoms with Gasteiger partial charge in [-0.2, -0.15) is 0 Å². The van der Waals surface area contributed by atoms with Gasteiger partial charge in [-0.15, -0.1) is 0 Å². The van der Waals surface area contributed by atoms with Gasteiger partial charge in [0.25, 0.3) is 0 Å². The molecule has 1 amide bonds. The fourth-order valence-corrected chi connectivity index (χ4v) is 2.27. The van der Waals surface area contributed by atoms with Crippen molar-refractivity contribution in [1.82, 2.24) is 24.7 Å². The normalized spacial score (nSPS) is 22.1. The smallest absolute Gasteiger partial charge is 0.238 e. The van der Waals surface area contributed by atoms with E-state index in [0.717, 1.165) is 32.0 Å². The van der Waals surface area contributed by atoms with E-state index in [9.17, 15) is 4.79 Å². The van der Waals surface area contributed by atoms with Crippen molar-refractivity contribution in [1.29, 1.82) is 0 Å². The summed E-state index contributed by atoms with van der Waals surface area (Å²) in [7, 11) is 5.68. The monoisotopic (exact) mass is 251 g/mol. The number of aryl methyl sites for hydroxylation is 1. The standard InChI is InChI=1S/C12H21N5O/c1-13-12(18)10-8-17(7-6-15(10)2)9-11-14-4-5-16(11)3/h4-5,10H,6-9H2,1-3H3,(H,13,18)/t10-/m1/s1. The lowest BCUT2D eigenvalue weighted by molar-refractivity contribution is -0.127. The predicted molar refractivity (Wildman–Crippen MR) is 69.0 cm³/mol. The van der Waals surface area contributed by atoms with Crippen molar-refractivity contribution in [2.45, 2.75) is 12.6 Å². The first kappa shape index (κ1) is 13.0. The highest BCUT2D eigenvalue weighted by atomic mass is 16.2. The molecule has 0 aromatic carbocycles. The summed E-state index contributed by atoms with van der Waals surface area (Å²) in [6.45, 7) is 3.42. The number of amides is 1. The Kier molecular flexibility index (Phi) is 3.98. The number of hydrogen-bond donors (Lipinski definition) is 1. The summed E-state index contributed by atoms with van der Waals surface area (Å²) in [5, 5.41) is 2.73. The quantitative estimate of drug-likeness (QED) is 0.770. The zero-order valence-corrected chi connectivity index (χ0v) is 11.3. The number of likely N-dealkylation sites (N-methyl/N-ethyl adjacent to an activating group) is 2. The molecule has 1 saturated heterocycles. The lowest BCUT2D eigenvalue weighted by Crippen LogP contribution is -2.56. The van der Waals surface area contributed by atoms with Crippen LogP contribution in [0.2, 0.25) is 0 Å². The predicted octanol–water partition coefficient (Wildman–Crippen LogP) is -0.718. The van der Waals surface area contributed by atoms with E-state index in [1.165, 1.54) is 0 Å². The van der Waals surface area contributed by atoms with Crippen LogP contribution in [0.4, 0.5) is 0 Å². The van der Waals surface area contributed by atoms with Crippen molar-refractivity contribution in [3.05, 3.63) is 18.2 Å². The number of rotatable bonds is 3. The van der Waals surface area contributed by atoms with Gasteiger partial charge in [-0.3, -0.25) is 14.6 Å². The van der Waals surface area contributed by atoms with Crippen molar-refractivity contribution in [3.63, 3.8) is 0 Å². The molecule has 1 atom stereocenters. The third-order valence-electron chi connectivity index (χ3n) is 3.57. The van der Waals surface area contributed by atoms with E-state index in [1.54, 1.807) is 7.05 Å². The highest BCUT2D eigenvalue weighted by Gasteiger charge is 2.29. The zero-order valence-electron chi connectivity index (χ0n) is 11.3. The molecule has 1 aromatic rings. The van der Waals surface area contributed by atoms with Crippen molar-refractivity contribution >= 4 is 5.91 Å². The summed E-state index contributed by atoms with van der Waals surface area (Å²) < 4.78 is 2.02. The second-order valence-corrected chi connectivity index (χ2v) is 4.80. The Balaban J connectivity index is 1.99. The number of aromatic nitrogens is 2. The van der Waals surface area contributed by atoms with Gasteiger partial charge in [-0.1, -0.05) is 0 Å². The molecule has 0 aliphatic carbocycles. The van der Waals surface area contributed by atoms with Gasteiger partial charge in [0.1, 0.15) is 11.9 Å². The molecule has 100 valence electrons. The average Bonchev–Trinajstić information content (AvgIpc) is 2.76. The molecule has 1 aliphatic rings. The Morgan fingerprint density at radius 2 is 2.28 bits per heavy atom. The van der Waals surface area contributed by atoms with Crippen LogP contribution in [0.1, 0.15) is 5.82 Å². The largest absolute Gasteiger partial charge is 0.358 e. The Morgan fingerprint density at radius 1 is 1.50 bits per heavy atom. The van der Waals surface area contributed by atoms with E-state index in [0.29, 0.717) is 0 Å². The third-order valence-corrected chi connectivity index (χ3v) is 3.57. The molecule has 0 bridgehead atoms. The summed E-state index contributed by atoms with van der Waals surface area (Å²) in [6.07, 6.45) is 3.75. The number of carbonyl (C=O) groups excluding carboxylic acids is 1. The summed E-state index contributed by atoms with van der Waals surface area (Å²) in [5.74, 6) is 1.12. The van der Waals surface area contributed by atoms with Crippen molar-refractivity contribution < 1.29 is 4.79 Å². The Hall–Kier alpha value is -1.40. The number of carbonyl (C=O) groups is 1. The molecule has 0 spiro atoms. The first-order valence-electron chi connectivity index (χ1n) is 6.22. The second kappa shape index (κ2) is 5.49. The van der Waals surface area contributed by atoms with Crippen LogP contribution in [0.5, 0.6) is 0 Å². The Morgan fingerprint density at radius 3 is 2.89 bits per heavy atom. The molecule has 6 nitrogen and oxygen atoms in total. The minimum atomic E-state index is -0.0657. The van der Waals surface area contributed by atoms with E-state index in [4.69, 9.17) is 0 Å². The average molecular weight is 251 g/mol. The minimum absolute atomic E-state index is 0.0657. The van der Waals surface area contributed by atoms with Gasteiger partial charge < -0.3 is 9.88 Å². The SMILES string of the molecule is CNC(=O)[C@H]1CN(Cc2nccn2C)CCN1C. The van der Waals surface area contributed by atoms with E-state index in [1.807, 2.05) is 31.1 Å². The highest BCUT2D eigenvalue weighted by molar-refractivity contribution is 5.81. The first-order chi connectivity index (χ1) is 8.61. The van der Waals surface area contributed by atoms with E-state index in [2.05, 4.69) is 20.1 Å². The lowest BCUT2D eigenvalue weighted by atomic mass is 10.1. The maximum Gasteiger partial charge on any atom is 0.238 e. The third kappa shape index (κ3) is 2.70. The van der Waals surface area contributed by atoms with Gasteiger partial charge in [-0.05, 0) is 7.05 Å². The fourth-order valence-electron chi connectivity index (χ4n) is 2.27. The molecule has 1 aromatic heterocycles. The van der Waals surface area contributed by atoms with Crippen LogP contribution in [0.25, 0.3) is 0 Å². The maximum atomic E-state index is 11.8. The Bertz CT molecular complexity index is 416. The van der Waals surface area contributed by atoms with Crippen LogP contribution in [0.3, 0.4) is 0 Å². The second-order valence-electron chi connectivity index (χ2n) is 4.80. The molecule has 1 fully saturated rings. The Labute approximate surface area is 108 Å². The number of nitrogens with zero attached hydrogens (tertiary/aromatic N) is 4. The summed E-state index contributed by atoms with van der Waals surface area (Å²) in [6, 6.07) is -0.0657. The van der Waals surface area contributed by atoms with E-state index in [-0.39, 0.29) is 11.9 Å². The molecule has 6 heteroatoms. The molecular formula is C12H21N5O. The van der Waals surface area contributed by atoms with E-state index < -0.39 is 0 Å². The fraction of sp³-hybridized carbons (Fsp3) is 0.667. The van der Waals surface area contributed by atoms with Crippen LogP contribution >= 0.6 is 0 Å². The summed E-state index contributed by atoms with van der Waals surface area (Å²) >= 11 is 0. The zero-order chi connectivity index (χ0) is 13.1. The van der Waals surface area contributed by atoms with E-state index >= 15 is 0 Å². The maximum absolute atomic E-state index is 11.8. The molecule has 0 unspecified atom stereocenters. The van der Waals surface area contributed by atoms with Gasteiger partial charge in [-0.25, -0.2) is 4.98 Å². The number of nitrogens with one attached hydrogen (secondary N) is 1. The number of hydrogen-bond acceptors (Lipinski definition) is 4. The van der Waals surface area contributed by atoms with Crippen LogP contribution in [-0.4, -0.2) is 65.0 Å². The van der Waals surface area contributed by atoms with Gasteiger partial charge in [0.2, 0.25) is 5.91 Å². The molecule has 0 saturated carbocycles. The van der Waals surface area contributed by atoms with Gasteiger partial charge >= 0.3 is 0 Å². The first-order valence-corrected chi connectivity index (χ1v) is 6.22. The molecule has 0 radical (unpaired) electrons. The highest BCUT2D eigenvalue weighted by Crippen LogP contribution is 2.11. The molecule has 1 N–H and O–H groups in total.